The summed E-state index contributed by atoms with van der Waals surface area (Å²) in [4.78, 5) is 13.7. The van der Waals surface area contributed by atoms with Crippen molar-refractivity contribution >= 4 is 11.6 Å². The summed E-state index contributed by atoms with van der Waals surface area (Å²) >= 11 is 0. The molecule has 2 aromatic rings. The van der Waals surface area contributed by atoms with E-state index in [0.29, 0.717) is 11.9 Å². The van der Waals surface area contributed by atoms with Crippen LogP contribution in [0.2, 0.25) is 0 Å². The highest BCUT2D eigenvalue weighted by Crippen LogP contribution is 2.24. The minimum absolute atomic E-state index is 0.438. The molecule has 0 bridgehead atoms. The molecule has 2 fully saturated rings. The predicted molar refractivity (Wildman–Crippen MR) is 87.9 cm³/mol. The lowest BCUT2D eigenvalue weighted by Gasteiger charge is -2.37. The molecule has 23 heavy (non-hydrogen) atoms. The SMILES string of the molecule is Cc1nc2ncnn2c(N2CCN(C[C@H]3CCCO3)CC2)c1C. The second-order valence-electron chi connectivity index (χ2n) is 6.54. The molecule has 2 saturated heterocycles. The van der Waals surface area contributed by atoms with Gasteiger partial charge >= 0.3 is 0 Å². The van der Waals surface area contributed by atoms with Gasteiger partial charge in [-0.2, -0.15) is 14.6 Å². The molecule has 2 aliphatic rings. The number of hydrogen-bond donors (Lipinski definition) is 0. The molecule has 0 spiro atoms. The third kappa shape index (κ3) is 2.79. The maximum atomic E-state index is 5.76. The van der Waals surface area contributed by atoms with Crippen molar-refractivity contribution in [1.29, 1.82) is 0 Å². The van der Waals surface area contributed by atoms with Crippen LogP contribution < -0.4 is 4.90 Å². The van der Waals surface area contributed by atoms with E-state index in [1.54, 1.807) is 6.33 Å². The zero-order chi connectivity index (χ0) is 15.8. The second kappa shape index (κ2) is 6.05. The Balaban J connectivity index is 1.50. The molecule has 7 nitrogen and oxygen atoms in total. The van der Waals surface area contributed by atoms with Gasteiger partial charge in [0.25, 0.3) is 5.78 Å². The van der Waals surface area contributed by atoms with E-state index in [1.165, 1.54) is 18.4 Å². The largest absolute Gasteiger partial charge is 0.377 e. The van der Waals surface area contributed by atoms with Gasteiger partial charge in [0.15, 0.2) is 0 Å². The Hall–Kier alpha value is -1.73. The van der Waals surface area contributed by atoms with E-state index in [1.807, 2.05) is 11.4 Å². The minimum atomic E-state index is 0.438. The molecule has 0 N–H and O–H groups in total. The summed E-state index contributed by atoms with van der Waals surface area (Å²) in [5.74, 6) is 1.83. The van der Waals surface area contributed by atoms with E-state index >= 15 is 0 Å². The highest BCUT2D eigenvalue weighted by molar-refractivity contribution is 5.54. The molecule has 4 heterocycles. The standard InChI is InChI=1S/C16H24N6O/c1-12-13(2)19-16-17-11-18-22(16)15(12)21-7-5-20(6-8-21)10-14-4-3-9-23-14/h11,14H,3-10H2,1-2H3/t14-/m1/s1. The maximum Gasteiger partial charge on any atom is 0.254 e. The van der Waals surface area contributed by atoms with Crippen molar-refractivity contribution in [2.45, 2.75) is 32.8 Å². The van der Waals surface area contributed by atoms with Gasteiger partial charge in [-0.3, -0.25) is 4.90 Å². The summed E-state index contributed by atoms with van der Waals surface area (Å²) in [6.45, 7) is 10.3. The minimum Gasteiger partial charge on any atom is -0.377 e. The number of ether oxygens (including phenoxy) is 1. The highest BCUT2D eigenvalue weighted by atomic mass is 16.5. The van der Waals surface area contributed by atoms with Gasteiger partial charge in [-0.1, -0.05) is 0 Å². The number of anilines is 1. The Morgan fingerprint density at radius 3 is 2.78 bits per heavy atom. The van der Waals surface area contributed by atoms with Crippen LogP contribution in [0.25, 0.3) is 5.78 Å². The van der Waals surface area contributed by atoms with E-state index in [2.05, 4.69) is 31.8 Å². The van der Waals surface area contributed by atoms with Gasteiger partial charge in [0, 0.05) is 50.6 Å². The molecule has 124 valence electrons. The molecule has 2 aliphatic heterocycles. The predicted octanol–water partition coefficient (Wildman–Crippen LogP) is 1.04. The number of piperazine rings is 1. The van der Waals surface area contributed by atoms with E-state index in [0.717, 1.165) is 50.8 Å². The van der Waals surface area contributed by atoms with Crippen LogP contribution in [0.3, 0.4) is 0 Å². The zero-order valence-electron chi connectivity index (χ0n) is 13.9. The van der Waals surface area contributed by atoms with Gasteiger partial charge < -0.3 is 9.64 Å². The third-order valence-electron chi connectivity index (χ3n) is 5.03. The van der Waals surface area contributed by atoms with Crippen LogP contribution in [-0.4, -0.2) is 69.9 Å². The quantitative estimate of drug-likeness (QED) is 0.843. The second-order valence-corrected chi connectivity index (χ2v) is 6.54. The van der Waals surface area contributed by atoms with E-state index in [9.17, 15) is 0 Å². The average molecular weight is 316 g/mol. The van der Waals surface area contributed by atoms with Crippen molar-refractivity contribution in [2.24, 2.45) is 0 Å². The molecule has 0 unspecified atom stereocenters. The monoisotopic (exact) mass is 316 g/mol. The molecule has 0 aromatic carbocycles. The lowest BCUT2D eigenvalue weighted by Crippen LogP contribution is -2.49. The smallest absolute Gasteiger partial charge is 0.254 e. The Morgan fingerprint density at radius 2 is 2.04 bits per heavy atom. The fourth-order valence-corrected chi connectivity index (χ4v) is 3.61. The molecule has 0 saturated carbocycles. The molecular formula is C16H24N6O. The molecule has 7 heteroatoms. The first kappa shape index (κ1) is 14.8. The molecular weight excluding hydrogens is 292 g/mol. The van der Waals surface area contributed by atoms with Gasteiger partial charge in [-0.25, -0.2) is 4.98 Å². The molecule has 0 aliphatic carbocycles. The van der Waals surface area contributed by atoms with Gasteiger partial charge in [-0.15, -0.1) is 0 Å². The molecule has 0 radical (unpaired) electrons. The van der Waals surface area contributed by atoms with Gasteiger partial charge in [0.1, 0.15) is 12.1 Å². The topological polar surface area (TPSA) is 58.8 Å². The van der Waals surface area contributed by atoms with Crippen LogP contribution in [0.4, 0.5) is 5.82 Å². The lowest BCUT2D eigenvalue weighted by atomic mass is 10.2. The summed E-state index contributed by atoms with van der Waals surface area (Å²) < 4.78 is 7.64. The highest BCUT2D eigenvalue weighted by Gasteiger charge is 2.25. The molecule has 1 atom stereocenters. The van der Waals surface area contributed by atoms with Crippen LogP contribution in [0, 0.1) is 13.8 Å². The van der Waals surface area contributed by atoms with Crippen LogP contribution in [0.5, 0.6) is 0 Å². The van der Waals surface area contributed by atoms with Crippen LogP contribution in [0.15, 0.2) is 6.33 Å². The number of rotatable bonds is 3. The summed E-state index contributed by atoms with van der Waals surface area (Å²) in [6, 6.07) is 0. The fourth-order valence-electron chi connectivity index (χ4n) is 3.61. The number of aromatic nitrogens is 4. The van der Waals surface area contributed by atoms with Crippen molar-refractivity contribution in [2.75, 3.05) is 44.2 Å². The van der Waals surface area contributed by atoms with Crippen LogP contribution in [-0.2, 0) is 4.74 Å². The Kier molecular flexibility index (Phi) is 3.90. The van der Waals surface area contributed by atoms with Gasteiger partial charge in [0.05, 0.1) is 6.10 Å². The Labute approximate surface area is 136 Å². The third-order valence-corrected chi connectivity index (χ3v) is 5.03. The molecule has 2 aromatic heterocycles. The molecule has 0 amide bonds. The normalized spacial score (nSPS) is 23.0. The Bertz CT molecular complexity index is 685. The number of hydrogen-bond acceptors (Lipinski definition) is 6. The van der Waals surface area contributed by atoms with Crippen molar-refractivity contribution in [3.8, 4) is 0 Å². The van der Waals surface area contributed by atoms with Gasteiger partial charge in [-0.05, 0) is 26.7 Å². The number of fused-ring (bicyclic) bond motifs is 1. The van der Waals surface area contributed by atoms with Crippen molar-refractivity contribution in [3.05, 3.63) is 17.6 Å². The summed E-state index contributed by atoms with van der Waals surface area (Å²) in [7, 11) is 0. The molecule has 4 rings (SSSR count). The average Bonchev–Trinajstić information content (AvgIpc) is 3.21. The van der Waals surface area contributed by atoms with Gasteiger partial charge in [0.2, 0.25) is 0 Å². The van der Waals surface area contributed by atoms with Crippen molar-refractivity contribution < 1.29 is 4.74 Å². The first-order valence-corrected chi connectivity index (χ1v) is 8.48. The van der Waals surface area contributed by atoms with E-state index in [4.69, 9.17) is 4.74 Å². The number of aryl methyl sites for hydroxylation is 1. The zero-order valence-corrected chi connectivity index (χ0v) is 13.9. The maximum absolute atomic E-state index is 5.76. The number of nitrogens with zero attached hydrogens (tertiary/aromatic N) is 6. The van der Waals surface area contributed by atoms with Crippen LogP contribution >= 0.6 is 0 Å². The summed E-state index contributed by atoms with van der Waals surface area (Å²) in [5, 5.41) is 4.37. The van der Waals surface area contributed by atoms with Crippen molar-refractivity contribution in [1.82, 2.24) is 24.5 Å². The first-order chi connectivity index (χ1) is 11.2. The van der Waals surface area contributed by atoms with Crippen molar-refractivity contribution in [3.63, 3.8) is 0 Å². The Morgan fingerprint density at radius 1 is 1.22 bits per heavy atom. The lowest BCUT2D eigenvalue weighted by molar-refractivity contribution is 0.0712. The summed E-state index contributed by atoms with van der Waals surface area (Å²) in [5.41, 5.74) is 2.22. The van der Waals surface area contributed by atoms with E-state index in [-0.39, 0.29) is 0 Å². The van der Waals surface area contributed by atoms with E-state index < -0.39 is 0 Å². The van der Waals surface area contributed by atoms with Crippen LogP contribution in [0.1, 0.15) is 24.1 Å². The summed E-state index contributed by atoms with van der Waals surface area (Å²) in [6.07, 6.45) is 4.44. The first-order valence-electron chi connectivity index (χ1n) is 8.48. The fraction of sp³-hybridized carbons (Fsp3) is 0.688.